The minimum absolute atomic E-state index is 0.132. The number of methoxy groups -OCH3 is 2. The Balaban J connectivity index is 1.05. The molecule has 64 heavy (non-hydrogen) atoms. The molecule has 4 aromatic carbocycles. The van der Waals surface area contributed by atoms with Crippen molar-refractivity contribution in [3.8, 4) is 28.1 Å². The zero-order chi connectivity index (χ0) is 45.4. The van der Waals surface area contributed by atoms with Crippen LogP contribution in [0.4, 0.5) is 9.59 Å². The van der Waals surface area contributed by atoms with Gasteiger partial charge in [-0.05, 0) is 83.0 Å². The van der Waals surface area contributed by atoms with E-state index < -0.39 is 30.3 Å². The Hall–Kier alpha value is -6.90. The third-order valence-corrected chi connectivity index (χ3v) is 12.3. The first-order chi connectivity index (χ1) is 30.7. The number of alkyl carbamates (subject to hydrolysis) is 2. The number of hydrogen-bond acceptors (Lipinski definition) is 9. The van der Waals surface area contributed by atoms with Crippen LogP contribution in [0.5, 0.6) is 5.75 Å². The lowest BCUT2D eigenvalue weighted by Gasteiger charge is -2.33. The van der Waals surface area contributed by atoms with Crippen molar-refractivity contribution in [3.63, 3.8) is 0 Å². The van der Waals surface area contributed by atoms with Crippen molar-refractivity contribution in [1.82, 2.24) is 40.4 Å². The molecular formula is C49H56N8O7. The molecule has 334 valence electrons. The lowest BCUT2D eigenvalue weighted by molar-refractivity contribution is -0.137. The number of carbonyl (C=O) groups excluding carboxylic acids is 4. The first kappa shape index (κ1) is 43.7. The molecule has 4 N–H and O–H groups in total. The number of aromatic nitrogens is 4. The van der Waals surface area contributed by atoms with E-state index in [9.17, 15) is 19.2 Å². The largest absolute Gasteiger partial charge is 0.488 e. The molecule has 2 aromatic heterocycles. The monoisotopic (exact) mass is 868 g/mol. The lowest BCUT2D eigenvalue weighted by Crippen LogP contribution is -2.51. The van der Waals surface area contributed by atoms with Gasteiger partial charge in [-0.25, -0.2) is 19.6 Å². The third kappa shape index (κ3) is 8.58. The van der Waals surface area contributed by atoms with Gasteiger partial charge in [-0.15, -0.1) is 0 Å². The molecule has 0 unspecified atom stereocenters. The minimum Gasteiger partial charge on any atom is -0.488 e. The molecular weight excluding hydrogens is 813 g/mol. The van der Waals surface area contributed by atoms with Gasteiger partial charge in [0, 0.05) is 24.0 Å². The average molecular weight is 869 g/mol. The quantitative estimate of drug-likeness (QED) is 0.0936. The zero-order valence-corrected chi connectivity index (χ0v) is 37.5. The second-order valence-electron chi connectivity index (χ2n) is 17.7. The molecule has 1 fully saturated rings. The van der Waals surface area contributed by atoms with Crippen LogP contribution in [0.1, 0.15) is 88.9 Å². The first-order valence-electron chi connectivity index (χ1n) is 21.9. The highest BCUT2D eigenvalue weighted by molar-refractivity contribution is 6.07. The molecule has 15 nitrogen and oxygen atoms in total. The van der Waals surface area contributed by atoms with Crippen LogP contribution in [0.2, 0.25) is 0 Å². The van der Waals surface area contributed by atoms with Crippen molar-refractivity contribution >= 4 is 45.8 Å². The molecule has 4 amide bonds. The van der Waals surface area contributed by atoms with Crippen LogP contribution in [0, 0.1) is 17.8 Å². The Bertz CT molecular complexity index is 2710. The van der Waals surface area contributed by atoms with Crippen molar-refractivity contribution in [1.29, 1.82) is 0 Å². The second-order valence-corrected chi connectivity index (χ2v) is 17.7. The number of aromatic amines is 2. The summed E-state index contributed by atoms with van der Waals surface area (Å²) in [6.07, 6.45) is 1.23. The molecule has 0 bridgehead atoms. The fraction of sp³-hybridized carbons (Fsp3) is 0.388. The van der Waals surface area contributed by atoms with E-state index in [2.05, 4.69) is 57.9 Å². The highest BCUT2D eigenvalue weighted by atomic mass is 16.5. The van der Waals surface area contributed by atoms with Gasteiger partial charge < -0.3 is 44.6 Å². The predicted octanol–water partition coefficient (Wildman–Crippen LogP) is 8.60. The number of carbonyl (C=O) groups is 4. The maximum atomic E-state index is 14.4. The molecule has 8 rings (SSSR count). The Labute approximate surface area is 372 Å². The number of amides is 4. The highest BCUT2D eigenvalue weighted by Crippen LogP contribution is 2.43. The van der Waals surface area contributed by atoms with E-state index in [4.69, 9.17) is 24.2 Å². The topological polar surface area (TPSA) is 184 Å². The van der Waals surface area contributed by atoms with Crippen molar-refractivity contribution in [2.45, 2.75) is 78.7 Å². The van der Waals surface area contributed by atoms with E-state index in [1.54, 1.807) is 4.90 Å². The summed E-state index contributed by atoms with van der Waals surface area (Å²) in [5.74, 6) is 1.91. The molecule has 0 saturated carbocycles. The first-order valence-corrected chi connectivity index (χ1v) is 21.9. The van der Waals surface area contributed by atoms with E-state index in [-0.39, 0.29) is 35.6 Å². The number of nitrogens with zero attached hydrogens (tertiary/aromatic N) is 4. The van der Waals surface area contributed by atoms with E-state index in [0.29, 0.717) is 36.9 Å². The summed E-state index contributed by atoms with van der Waals surface area (Å²) in [5, 5.41) is 7.37. The van der Waals surface area contributed by atoms with Gasteiger partial charge in [-0.2, -0.15) is 0 Å². The number of fused-ring (bicyclic) bond motifs is 6. The SMILES string of the molecule is COC(=O)N[C@H](C(=O)N1C[C@@H](C)C[C@H]1c1ncc(-c2ccc3c(c2)COc2cc4c(ccc5[nH]c([C@H](C)N(CC(C)C)C(=O)[C@H](NC(=O)OC)c6ccccc6)nc54)cc2-3)[nH]1)C(C)C. The standard InChI is InChI=1S/C49H56N8O7/c1-26(2)23-56(47(59)42(55-49(61)63-8)30-12-10-9-11-13-30)29(6)44-51-37-17-15-31-20-36-34-16-14-32(19-33(34)25-64-40(36)21-35(31)43(37)53-44)38-22-50-45(52-38)39-18-28(5)24-57(39)46(58)41(27(3)4)54-48(60)62-7/h9-17,19-22,26-29,39,41-42H,18,23-25H2,1-8H3,(H,50,52)(H,51,53)(H,54,60)(H,55,61)/t28-,29-,39-,41-,42+/m0/s1. The fourth-order valence-corrected chi connectivity index (χ4v) is 9.01. The molecule has 0 spiro atoms. The Morgan fingerprint density at radius 1 is 0.906 bits per heavy atom. The van der Waals surface area contributed by atoms with Gasteiger partial charge in [-0.1, -0.05) is 83.1 Å². The molecule has 15 heteroatoms. The summed E-state index contributed by atoms with van der Waals surface area (Å²) in [7, 11) is 2.57. The minimum atomic E-state index is -0.953. The third-order valence-electron chi connectivity index (χ3n) is 12.3. The lowest BCUT2D eigenvalue weighted by atomic mass is 9.92. The molecule has 6 aromatic rings. The van der Waals surface area contributed by atoms with Crippen LogP contribution in [0.25, 0.3) is 44.2 Å². The molecule has 2 aliphatic rings. The van der Waals surface area contributed by atoms with E-state index in [1.165, 1.54) is 14.2 Å². The molecule has 5 atom stereocenters. The van der Waals surface area contributed by atoms with Crippen molar-refractivity contribution in [2.24, 2.45) is 17.8 Å². The number of ether oxygens (including phenoxy) is 3. The summed E-state index contributed by atoms with van der Waals surface area (Å²) in [4.78, 5) is 73.2. The molecule has 0 radical (unpaired) electrons. The predicted molar refractivity (Wildman–Crippen MR) is 243 cm³/mol. The smallest absolute Gasteiger partial charge is 0.407 e. The van der Waals surface area contributed by atoms with Crippen molar-refractivity contribution < 1.29 is 33.4 Å². The number of H-pyrrole nitrogens is 2. The Morgan fingerprint density at radius 2 is 1.66 bits per heavy atom. The van der Waals surface area contributed by atoms with E-state index in [1.807, 2.05) is 88.2 Å². The van der Waals surface area contributed by atoms with E-state index >= 15 is 0 Å². The van der Waals surface area contributed by atoms with Crippen LogP contribution >= 0.6 is 0 Å². The summed E-state index contributed by atoms with van der Waals surface area (Å²) in [5.41, 5.74) is 7.09. The van der Waals surface area contributed by atoms with Gasteiger partial charge in [0.05, 0.1) is 49.2 Å². The number of benzene rings is 4. The van der Waals surface area contributed by atoms with Crippen LogP contribution < -0.4 is 15.4 Å². The van der Waals surface area contributed by atoms with E-state index in [0.717, 1.165) is 61.9 Å². The summed E-state index contributed by atoms with van der Waals surface area (Å²) >= 11 is 0. The number of likely N-dealkylation sites (tertiary alicyclic amines) is 1. The maximum absolute atomic E-state index is 14.4. The number of hydrogen-bond donors (Lipinski definition) is 4. The molecule has 0 aliphatic carbocycles. The number of imidazole rings is 2. The number of rotatable bonds is 12. The van der Waals surface area contributed by atoms with Gasteiger partial charge >= 0.3 is 12.2 Å². The summed E-state index contributed by atoms with van der Waals surface area (Å²) in [6, 6.07) is 21.3. The van der Waals surface area contributed by atoms with Gasteiger partial charge in [0.2, 0.25) is 5.91 Å². The number of nitrogens with one attached hydrogen (secondary N) is 4. The van der Waals surface area contributed by atoms with Crippen LogP contribution in [-0.2, 0) is 25.7 Å². The molecule has 1 saturated heterocycles. The summed E-state index contributed by atoms with van der Waals surface area (Å²) < 4.78 is 16.1. The normalized spacial score (nSPS) is 17.1. The second kappa shape index (κ2) is 18.1. The fourth-order valence-electron chi connectivity index (χ4n) is 9.01. The maximum Gasteiger partial charge on any atom is 0.407 e. The van der Waals surface area contributed by atoms with Gasteiger partial charge in [-0.3, -0.25) is 9.59 Å². The van der Waals surface area contributed by atoms with Gasteiger partial charge in [0.1, 0.15) is 36.1 Å². The zero-order valence-electron chi connectivity index (χ0n) is 37.5. The molecule has 2 aliphatic heterocycles. The van der Waals surface area contributed by atoms with Gasteiger partial charge in [0.15, 0.2) is 0 Å². The Morgan fingerprint density at radius 3 is 2.38 bits per heavy atom. The highest BCUT2D eigenvalue weighted by Gasteiger charge is 2.40. The molecule has 4 heterocycles. The van der Waals surface area contributed by atoms with Crippen LogP contribution in [-0.4, -0.2) is 87.1 Å². The van der Waals surface area contributed by atoms with Crippen LogP contribution in [0.15, 0.2) is 79.0 Å². The van der Waals surface area contributed by atoms with Crippen LogP contribution in [0.3, 0.4) is 0 Å². The van der Waals surface area contributed by atoms with Crippen molar-refractivity contribution in [2.75, 3.05) is 27.3 Å². The van der Waals surface area contributed by atoms with Crippen molar-refractivity contribution in [3.05, 3.63) is 102 Å². The average Bonchev–Trinajstić information content (AvgIpc) is 4.06. The Kier molecular flexibility index (Phi) is 12.3. The van der Waals surface area contributed by atoms with Gasteiger partial charge in [0.25, 0.3) is 5.91 Å². The summed E-state index contributed by atoms with van der Waals surface area (Å²) in [6.45, 7) is 13.3.